The standard InChI is InChI=1S/C4H6O6.Nd.H2O4S/c5-1(3(7)8)2(6)4(9)10;;1-5(2,3)4/h1-2,5-6H,(H,7,8)(H,9,10);;(H2,1,2,3,4). The van der Waals surface area contributed by atoms with E-state index in [1.165, 1.54) is 0 Å². The van der Waals surface area contributed by atoms with Gasteiger partial charge < -0.3 is 20.4 Å². The van der Waals surface area contributed by atoms with Crippen molar-refractivity contribution in [3.8, 4) is 0 Å². The third-order valence-corrected chi connectivity index (χ3v) is 0.805. The first kappa shape index (κ1) is 21.4. The molecule has 0 aromatic carbocycles. The van der Waals surface area contributed by atoms with Gasteiger partial charge in [-0.15, -0.1) is 0 Å². The second kappa shape index (κ2) is 9.15. The van der Waals surface area contributed by atoms with Crippen molar-refractivity contribution in [1.29, 1.82) is 0 Å². The maximum atomic E-state index is 9.77. The van der Waals surface area contributed by atoms with Gasteiger partial charge in [-0.1, -0.05) is 0 Å². The van der Waals surface area contributed by atoms with Crippen LogP contribution < -0.4 is 0 Å². The predicted octanol–water partition coefficient (Wildman–Crippen LogP) is -2.78. The van der Waals surface area contributed by atoms with Crippen molar-refractivity contribution in [3.63, 3.8) is 0 Å². The summed E-state index contributed by atoms with van der Waals surface area (Å²) in [6.07, 6.45) is -4.53. The smallest absolute Gasteiger partial charge is 0.394 e. The number of hydrogen-bond donors (Lipinski definition) is 6. The molecule has 2 unspecified atom stereocenters. The minimum absolute atomic E-state index is 0. The Morgan fingerprint density at radius 2 is 1.00 bits per heavy atom. The van der Waals surface area contributed by atoms with E-state index in [1.54, 1.807) is 0 Å². The maximum absolute atomic E-state index is 9.77. The Hall–Kier alpha value is 0.0806. The van der Waals surface area contributed by atoms with Crippen LogP contribution in [-0.2, 0) is 20.0 Å². The molecule has 0 aliphatic rings. The quantitative estimate of drug-likeness (QED) is 0.274. The number of rotatable bonds is 3. The van der Waals surface area contributed by atoms with Gasteiger partial charge in [-0.05, 0) is 0 Å². The third kappa shape index (κ3) is 16.5. The van der Waals surface area contributed by atoms with Gasteiger partial charge in [0.05, 0.1) is 0 Å². The first-order chi connectivity index (χ1) is 6.46. The molecule has 0 aliphatic carbocycles. The SMILES string of the molecule is O=C(O)C(O)C(O)C(=O)O.O=S(=O)(O)O.[Nd]. The summed E-state index contributed by atoms with van der Waals surface area (Å²) >= 11 is 0. The fourth-order valence-corrected chi connectivity index (χ4v) is 0.270. The third-order valence-electron chi connectivity index (χ3n) is 0.805. The van der Waals surface area contributed by atoms with E-state index in [-0.39, 0.29) is 40.8 Å². The Kier molecular flexibility index (Phi) is 12.2. The molecule has 0 fully saturated rings. The van der Waals surface area contributed by atoms with Crippen molar-refractivity contribution in [2.24, 2.45) is 0 Å². The Labute approximate surface area is 122 Å². The van der Waals surface area contributed by atoms with Crippen molar-refractivity contribution < 1.29 is 88.4 Å². The predicted molar refractivity (Wildman–Crippen MR) is 41.5 cm³/mol. The zero-order valence-electron chi connectivity index (χ0n) is 7.38. The van der Waals surface area contributed by atoms with E-state index >= 15 is 0 Å². The van der Waals surface area contributed by atoms with E-state index in [9.17, 15) is 9.59 Å². The molecule has 0 spiro atoms. The van der Waals surface area contributed by atoms with Crippen LogP contribution in [0, 0.1) is 40.8 Å². The van der Waals surface area contributed by atoms with E-state index in [4.69, 9.17) is 37.9 Å². The summed E-state index contributed by atoms with van der Waals surface area (Å²) in [5.41, 5.74) is 0. The molecule has 0 aromatic heterocycles. The number of aliphatic carboxylic acids is 2. The fraction of sp³-hybridized carbons (Fsp3) is 0.500. The van der Waals surface area contributed by atoms with Gasteiger partial charge in [-0.3, -0.25) is 9.11 Å². The number of carboxylic acids is 2. The summed E-state index contributed by atoms with van der Waals surface area (Å²) in [6.45, 7) is 0. The molecule has 0 saturated heterocycles. The van der Waals surface area contributed by atoms with Gasteiger partial charge >= 0.3 is 22.3 Å². The summed E-state index contributed by atoms with van der Waals surface area (Å²) in [5.74, 6) is -3.54. The van der Waals surface area contributed by atoms with Gasteiger partial charge in [0.15, 0.2) is 12.2 Å². The second-order valence-electron chi connectivity index (χ2n) is 2.01. The van der Waals surface area contributed by atoms with Gasteiger partial charge in [0.25, 0.3) is 0 Å². The van der Waals surface area contributed by atoms with Gasteiger partial charge in [-0.2, -0.15) is 8.42 Å². The molecule has 12 heteroatoms. The second-order valence-corrected chi connectivity index (χ2v) is 2.91. The first-order valence-electron chi connectivity index (χ1n) is 2.98. The van der Waals surface area contributed by atoms with Crippen LogP contribution in [0.3, 0.4) is 0 Å². The molecule has 0 saturated carbocycles. The normalized spacial score (nSPS) is 13.5. The van der Waals surface area contributed by atoms with E-state index in [1.807, 2.05) is 0 Å². The van der Waals surface area contributed by atoms with Crippen molar-refractivity contribution in [3.05, 3.63) is 0 Å². The zero-order valence-corrected chi connectivity index (χ0v) is 11.4. The van der Waals surface area contributed by atoms with E-state index in [2.05, 4.69) is 0 Å². The average Bonchev–Trinajstić information content (AvgIpc) is 1.98. The van der Waals surface area contributed by atoms with Gasteiger partial charge in [0, 0.05) is 40.8 Å². The molecule has 16 heavy (non-hydrogen) atoms. The van der Waals surface area contributed by atoms with Crippen LogP contribution in [0.2, 0.25) is 0 Å². The molecular formula is C4H8NdO10S. The minimum atomic E-state index is -4.67. The zero-order chi connectivity index (χ0) is 12.8. The molecule has 0 aliphatic heterocycles. The monoisotopic (exact) mass is 390 g/mol. The maximum Gasteiger partial charge on any atom is 0.394 e. The molecule has 0 bridgehead atoms. The van der Waals surface area contributed by atoms with Gasteiger partial charge in [-0.25, -0.2) is 9.59 Å². The van der Waals surface area contributed by atoms with E-state index in [0.717, 1.165) is 0 Å². The molecule has 0 amide bonds. The van der Waals surface area contributed by atoms with Crippen LogP contribution in [0.15, 0.2) is 0 Å². The van der Waals surface area contributed by atoms with Crippen LogP contribution in [0.25, 0.3) is 0 Å². The van der Waals surface area contributed by atoms with E-state index in [0.29, 0.717) is 0 Å². The van der Waals surface area contributed by atoms with Crippen LogP contribution >= 0.6 is 0 Å². The first-order valence-corrected chi connectivity index (χ1v) is 4.38. The molecule has 0 aromatic rings. The summed E-state index contributed by atoms with van der Waals surface area (Å²) in [5, 5.41) is 32.5. The molecule has 10 nitrogen and oxygen atoms in total. The van der Waals surface area contributed by atoms with Crippen molar-refractivity contribution in [2.45, 2.75) is 12.2 Å². The van der Waals surface area contributed by atoms with Gasteiger partial charge in [0.1, 0.15) is 0 Å². The van der Waals surface area contributed by atoms with E-state index < -0.39 is 34.5 Å². The molecular weight excluding hydrogens is 384 g/mol. The number of hydrogen-bond acceptors (Lipinski definition) is 6. The largest absolute Gasteiger partial charge is 0.479 e. The average molecular weight is 392 g/mol. The minimum Gasteiger partial charge on any atom is -0.479 e. The number of carboxylic acid groups (broad SMARTS) is 2. The fourth-order valence-electron chi connectivity index (χ4n) is 0.270. The van der Waals surface area contributed by atoms with Crippen molar-refractivity contribution in [1.82, 2.24) is 0 Å². The molecule has 0 radical (unpaired) electrons. The number of aliphatic hydroxyl groups is 2. The molecule has 2 atom stereocenters. The number of carbonyl (C=O) groups is 2. The summed E-state index contributed by atoms with van der Waals surface area (Å²) in [7, 11) is -4.67. The Morgan fingerprint density at radius 3 is 1.06 bits per heavy atom. The molecule has 0 rings (SSSR count). The Morgan fingerprint density at radius 1 is 0.875 bits per heavy atom. The Bertz CT molecular complexity index is 296. The molecule has 94 valence electrons. The topological polar surface area (TPSA) is 190 Å². The van der Waals surface area contributed by atoms with Gasteiger partial charge in [0.2, 0.25) is 0 Å². The van der Waals surface area contributed by atoms with Crippen LogP contribution in [0.4, 0.5) is 0 Å². The molecule has 0 heterocycles. The summed E-state index contributed by atoms with van der Waals surface area (Å²) < 4.78 is 31.6. The van der Waals surface area contributed by atoms with Crippen LogP contribution in [0.5, 0.6) is 0 Å². The van der Waals surface area contributed by atoms with Crippen molar-refractivity contribution in [2.75, 3.05) is 0 Å². The number of aliphatic hydroxyl groups excluding tert-OH is 2. The molecule has 6 N–H and O–H groups in total. The van der Waals surface area contributed by atoms with Crippen LogP contribution in [0.1, 0.15) is 0 Å². The summed E-state index contributed by atoms with van der Waals surface area (Å²) in [4.78, 5) is 19.5. The Balaban J connectivity index is -0.000000242. The summed E-state index contributed by atoms with van der Waals surface area (Å²) in [6, 6.07) is 0. The van der Waals surface area contributed by atoms with Crippen LogP contribution in [-0.4, -0.2) is 62.1 Å². The van der Waals surface area contributed by atoms with Crippen molar-refractivity contribution >= 4 is 22.3 Å².